The molecular formula is C14H15BrN-. The average molecular weight is 277 g/mol. The molecule has 0 aliphatic rings. The van der Waals surface area contributed by atoms with Gasteiger partial charge in [0.15, 0.2) is 0 Å². The lowest BCUT2D eigenvalue weighted by Crippen LogP contribution is -2.20. The van der Waals surface area contributed by atoms with Crippen molar-refractivity contribution in [3.63, 3.8) is 0 Å². The maximum Gasteiger partial charge on any atom is 0.0155 e. The highest BCUT2D eigenvalue weighted by atomic mass is 79.9. The molecule has 2 heteroatoms. The van der Waals surface area contributed by atoms with Gasteiger partial charge in [-0.3, -0.25) is 0 Å². The Morgan fingerprint density at radius 1 is 1.06 bits per heavy atom. The minimum absolute atomic E-state index is 0.311. The Hall–Kier alpha value is -0.990. The second-order valence-electron chi connectivity index (χ2n) is 4.11. The fourth-order valence-corrected chi connectivity index (χ4v) is 2.53. The van der Waals surface area contributed by atoms with Gasteiger partial charge in [0.25, 0.3) is 0 Å². The Labute approximate surface area is 105 Å². The van der Waals surface area contributed by atoms with Crippen molar-refractivity contribution in [1.82, 2.24) is 4.90 Å². The quantitative estimate of drug-likeness (QED) is 0.771. The second kappa shape index (κ2) is 4.89. The van der Waals surface area contributed by atoms with E-state index in [1.165, 1.54) is 15.6 Å². The third-order valence-corrected chi connectivity index (χ3v) is 3.44. The van der Waals surface area contributed by atoms with E-state index in [-0.39, 0.29) is 0 Å². The van der Waals surface area contributed by atoms with E-state index in [1.54, 1.807) is 0 Å². The average Bonchev–Trinajstić information content (AvgIpc) is 2.66. The van der Waals surface area contributed by atoms with Crippen LogP contribution < -0.4 is 0 Å². The summed E-state index contributed by atoms with van der Waals surface area (Å²) in [5.74, 6) is 0. The van der Waals surface area contributed by atoms with Gasteiger partial charge in [0.1, 0.15) is 0 Å². The van der Waals surface area contributed by atoms with Crippen molar-refractivity contribution in [1.29, 1.82) is 0 Å². The van der Waals surface area contributed by atoms with Gasteiger partial charge in [-0.1, -0.05) is 50.7 Å². The molecule has 0 saturated carbocycles. The van der Waals surface area contributed by atoms with Crippen molar-refractivity contribution in [2.24, 2.45) is 0 Å². The Kier molecular flexibility index (Phi) is 3.52. The van der Waals surface area contributed by atoms with Gasteiger partial charge >= 0.3 is 0 Å². The van der Waals surface area contributed by atoms with Crippen LogP contribution in [0.1, 0.15) is 17.2 Å². The molecule has 0 unspecified atom stereocenters. The van der Waals surface area contributed by atoms with Crippen molar-refractivity contribution in [2.75, 3.05) is 14.1 Å². The molecule has 0 aliphatic carbocycles. The molecular weight excluding hydrogens is 262 g/mol. The number of nitrogens with zero attached hydrogens (tertiary/aromatic N) is 1. The van der Waals surface area contributed by atoms with E-state index in [2.05, 4.69) is 83.5 Å². The highest BCUT2D eigenvalue weighted by Gasteiger charge is 2.13. The minimum atomic E-state index is 0.311. The fourth-order valence-electron chi connectivity index (χ4n) is 2.03. The molecule has 0 amide bonds. The molecule has 2 rings (SSSR count). The molecule has 0 aliphatic heterocycles. The second-order valence-corrected chi connectivity index (χ2v) is 4.96. The summed E-state index contributed by atoms with van der Waals surface area (Å²) in [5.41, 5.74) is 2.63. The molecule has 16 heavy (non-hydrogen) atoms. The lowest BCUT2D eigenvalue weighted by molar-refractivity contribution is 0.342. The number of hydrogen-bond acceptors (Lipinski definition) is 1. The zero-order chi connectivity index (χ0) is 11.5. The van der Waals surface area contributed by atoms with Crippen LogP contribution in [0, 0.1) is 0 Å². The van der Waals surface area contributed by atoms with E-state index in [1.807, 2.05) is 0 Å². The van der Waals surface area contributed by atoms with Gasteiger partial charge in [-0.15, -0.1) is 5.56 Å². The van der Waals surface area contributed by atoms with Crippen LogP contribution in [0.15, 0.2) is 53.0 Å². The number of benzene rings is 1. The lowest BCUT2D eigenvalue weighted by Gasteiger charge is -2.29. The highest BCUT2D eigenvalue weighted by Crippen LogP contribution is 2.32. The SMILES string of the molecule is CN(C)[C@H](c1ccccc1)[c-]1cccc1Br. The first-order chi connectivity index (χ1) is 7.70. The number of rotatable bonds is 3. The molecule has 0 radical (unpaired) electrons. The molecule has 0 saturated heterocycles. The monoisotopic (exact) mass is 276 g/mol. The normalized spacial score (nSPS) is 13.0. The third-order valence-electron chi connectivity index (χ3n) is 2.72. The van der Waals surface area contributed by atoms with Gasteiger partial charge in [0, 0.05) is 6.04 Å². The topological polar surface area (TPSA) is 3.24 Å². The smallest absolute Gasteiger partial charge is 0.0155 e. The summed E-state index contributed by atoms with van der Waals surface area (Å²) in [6.07, 6.45) is 0. The van der Waals surface area contributed by atoms with Crippen LogP contribution in [-0.2, 0) is 0 Å². The van der Waals surface area contributed by atoms with Gasteiger partial charge in [-0.25, -0.2) is 6.07 Å². The zero-order valence-electron chi connectivity index (χ0n) is 9.52. The first-order valence-corrected chi connectivity index (χ1v) is 6.12. The molecule has 0 spiro atoms. The first kappa shape index (κ1) is 11.5. The van der Waals surface area contributed by atoms with Crippen molar-refractivity contribution in [2.45, 2.75) is 6.04 Å². The van der Waals surface area contributed by atoms with Gasteiger partial charge < -0.3 is 4.90 Å². The molecule has 84 valence electrons. The van der Waals surface area contributed by atoms with Crippen LogP contribution in [0.25, 0.3) is 0 Å². The summed E-state index contributed by atoms with van der Waals surface area (Å²) < 4.78 is 1.18. The van der Waals surface area contributed by atoms with Crippen LogP contribution in [0.4, 0.5) is 0 Å². The van der Waals surface area contributed by atoms with E-state index in [0.717, 1.165) is 0 Å². The molecule has 1 atom stereocenters. The molecule has 2 aromatic carbocycles. The molecule has 0 N–H and O–H groups in total. The van der Waals surface area contributed by atoms with Crippen molar-refractivity contribution < 1.29 is 0 Å². The molecule has 2 aromatic rings. The molecule has 0 aromatic heterocycles. The summed E-state index contributed by atoms with van der Waals surface area (Å²) >= 11 is 3.61. The summed E-state index contributed by atoms with van der Waals surface area (Å²) in [7, 11) is 4.22. The van der Waals surface area contributed by atoms with Gasteiger partial charge in [0.05, 0.1) is 0 Å². The third kappa shape index (κ3) is 2.23. The van der Waals surface area contributed by atoms with E-state index >= 15 is 0 Å². The molecule has 0 bridgehead atoms. The van der Waals surface area contributed by atoms with E-state index < -0.39 is 0 Å². The maximum absolute atomic E-state index is 3.61. The number of halogens is 1. The first-order valence-electron chi connectivity index (χ1n) is 5.32. The summed E-state index contributed by atoms with van der Waals surface area (Å²) in [6, 6.07) is 17.2. The van der Waals surface area contributed by atoms with Crippen LogP contribution in [0.3, 0.4) is 0 Å². The molecule has 1 nitrogen and oxygen atoms in total. The highest BCUT2D eigenvalue weighted by molar-refractivity contribution is 9.10. The molecule has 0 heterocycles. The van der Waals surface area contributed by atoms with Gasteiger partial charge in [-0.05, 0) is 19.7 Å². The summed E-state index contributed by atoms with van der Waals surface area (Å²) in [5, 5.41) is 0. The Morgan fingerprint density at radius 3 is 2.25 bits per heavy atom. The fraction of sp³-hybridized carbons (Fsp3) is 0.214. The van der Waals surface area contributed by atoms with Crippen molar-refractivity contribution in [3.8, 4) is 0 Å². The van der Waals surface area contributed by atoms with Crippen molar-refractivity contribution in [3.05, 3.63) is 64.1 Å². The largest absolute Gasteiger partial charge is 0.309 e. The van der Waals surface area contributed by atoms with Crippen LogP contribution in [0.5, 0.6) is 0 Å². The summed E-state index contributed by atoms with van der Waals surface area (Å²) in [6.45, 7) is 0. The molecule has 0 fully saturated rings. The predicted octanol–water partition coefficient (Wildman–Crippen LogP) is 3.82. The van der Waals surface area contributed by atoms with Gasteiger partial charge in [-0.2, -0.15) is 12.1 Å². The van der Waals surface area contributed by atoms with Crippen molar-refractivity contribution >= 4 is 15.9 Å². The predicted molar refractivity (Wildman–Crippen MR) is 71.7 cm³/mol. The lowest BCUT2D eigenvalue weighted by atomic mass is 10.0. The van der Waals surface area contributed by atoms with E-state index in [4.69, 9.17) is 0 Å². The van der Waals surface area contributed by atoms with Crippen LogP contribution in [-0.4, -0.2) is 19.0 Å². The standard InChI is InChI=1S/C14H15BrN/c1-16(2)14(11-7-4-3-5-8-11)12-9-6-10-13(12)15/h3-10,14H,1-2H3/q-1/t14-/m1/s1. The summed E-state index contributed by atoms with van der Waals surface area (Å²) in [4.78, 5) is 2.23. The number of hydrogen-bond donors (Lipinski definition) is 0. The minimum Gasteiger partial charge on any atom is -0.309 e. The van der Waals surface area contributed by atoms with E-state index in [9.17, 15) is 0 Å². The Morgan fingerprint density at radius 2 is 1.75 bits per heavy atom. The maximum atomic E-state index is 3.61. The van der Waals surface area contributed by atoms with E-state index in [0.29, 0.717) is 6.04 Å². The zero-order valence-corrected chi connectivity index (χ0v) is 11.1. The Bertz CT molecular complexity index is 445. The van der Waals surface area contributed by atoms with Gasteiger partial charge in [0.2, 0.25) is 0 Å². The Balaban J connectivity index is 2.43. The van der Waals surface area contributed by atoms with Crippen LogP contribution in [0.2, 0.25) is 0 Å². The van der Waals surface area contributed by atoms with Crippen LogP contribution >= 0.6 is 15.9 Å².